The van der Waals surface area contributed by atoms with Gasteiger partial charge >= 0.3 is 6.18 Å². The highest BCUT2D eigenvalue weighted by molar-refractivity contribution is 5.38. The van der Waals surface area contributed by atoms with E-state index in [1.807, 2.05) is 37.3 Å². The van der Waals surface area contributed by atoms with E-state index in [9.17, 15) is 13.2 Å². The van der Waals surface area contributed by atoms with Gasteiger partial charge in [0, 0.05) is 5.92 Å². The van der Waals surface area contributed by atoms with Crippen LogP contribution in [0, 0.1) is 18.8 Å². The molecule has 0 heterocycles. The third kappa shape index (κ3) is 6.57. The summed E-state index contributed by atoms with van der Waals surface area (Å²) in [6.07, 6.45) is -3.61. The summed E-state index contributed by atoms with van der Waals surface area (Å²) in [6, 6.07) is 13.6. The number of hydrogen-bond acceptors (Lipinski definition) is 1. The molecule has 178 valence electrons. The number of hydrogen-bond donors (Lipinski definition) is 0. The van der Waals surface area contributed by atoms with Gasteiger partial charge < -0.3 is 4.90 Å². The monoisotopic (exact) mass is 451 g/mol. The van der Waals surface area contributed by atoms with Crippen molar-refractivity contribution in [3.05, 3.63) is 70.8 Å². The molecule has 1 aliphatic carbocycles. The fraction of sp³-hybridized carbons (Fsp3) is 0.556. The minimum absolute atomic E-state index is 0.0235. The Morgan fingerprint density at radius 2 is 1.69 bits per heavy atom. The number of halogens is 4. The standard InChI is InChI=1S/C22H24F4.C5H13N/c1-13-9-10-17(22(24,25)26)12-18(13)20-19(11-14(2)21(20)23)15(3)16-7-5-4-6-8-16;1-4-5-6(2)3/h4-10,12,14-15,19-21H,11H2,1-3H3;4-5H2,1-3H3. The Morgan fingerprint density at radius 1 is 1.06 bits per heavy atom. The summed E-state index contributed by atoms with van der Waals surface area (Å²) in [7, 11) is 4.17. The van der Waals surface area contributed by atoms with E-state index in [1.54, 1.807) is 6.92 Å². The van der Waals surface area contributed by atoms with E-state index in [1.165, 1.54) is 19.0 Å². The van der Waals surface area contributed by atoms with Gasteiger partial charge in [-0.1, -0.05) is 57.2 Å². The molecule has 2 aromatic rings. The minimum Gasteiger partial charge on any atom is -0.309 e. The van der Waals surface area contributed by atoms with Crippen LogP contribution in [-0.2, 0) is 6.18 Å². The van der Waals surface area contributed by atoms with Crippen LogP contribution in [0.15, 0.2) is 48.5 Å². The van der Waals surface area contributed by atoms with Crippen molar-refractivity contribution in [2.24, 2.45) is 11.8 Å². The largest absolute Gasteiger partial charge is 0.416 e. The lowest BCUT2D eigenvalue weighted by Crippen LogP contribution is -2.21. The number of aryl methyl sites for hydroxylation is 1. The fourth-order valence-electron chi connectivity index (χ4n) is 4.84. The van der Waals surface area contributed by atoms with Gasteiger partial charge in [-0.25, -0.2) is 4.39 Å². The maximum atomic E-state index is 15.1. The van der Waals surface area contributed by atoms with E-state index < -0.39 is 23.8 Å². The first kappa shape index (κ1) is 26.4. The summed E-state index contributed by atoms with van der Waals surface area (Å²) in [4.78, 5) is 2.18. The molecule has 1 saturated carbocycles. The molecule has 0 spiro atoms. The molecule has 32 heavy (non-hydrogen) atoms. The van der Waals surface area contributed by atoms with E-state index in [2.05, 4.69) is 32.8 Å². The molecule has 1 nitrogen and oxygen atoms in total. The lowest BCUT2D eigenvalue weighted by atomic mass is 9.76. The Kier molecular flexibility index (Phi) is 9.32. The van der Waals surface area contributed by atoms with Crippen LogP contribution in [0.2, 0.25) is 0 Å². The van der Waals surface area contributed by atoms with Gasteiger partial charge in [0.15, 0.2) is 0 Å². The highest BCUT2D eigenvalue weighted by Gasteiger charge is 2.46. The van der Waals surface area contributed by atoms with Crippen molar-refractivity contribution in [3.8, 4) is 0 Å². The lowest BCUT2D eigenvalue weighted by Gasteiger charge is -2.29. The first-order chi connectivity index (χ1) is 15.0. The molecule has 0 N–H and O–H groups in total. The third-order valence-electron chi connectivity index (χ3n) is 6.60. The summed E-state index contributed by atoms with van der Waals surface area (Å²) in [5.74, 6) is -0.615. The Balaban J connectivity index is 0.000000534. The second-order valence-electron chi connectivity index (χ2n) is 9.42. The van der Waals surface area contributed by atoms with Crippen LogP contribution in [0.4, 0.5) is 17.6 Å². The molecule has 5 unspecified atom stereocenters. The van der Waals surface area contributed by atoms with Crippen molar-refractivity contribution in [1.82, 2.24) is 4.90 Å². The normalized spacial score (nSPS) is 24.2. The molecule has 0 amide bonds. The zero-order valence-electron chi connectivity index (χ0n) is 20.1. The highest BCUT2D eigenvalue weighted by atomic mass is 19.4. The number of benzene rings is 2. The predicted octanol–water partition coefficient (Wildman–Crippen LogP) is 7.85. The topological polar surface area (TPSA) is 3.24 Å². The number of alkyl halides is 4. The Morgan fingerprint density at radius 3 is 2.19 bits per heavy atom. The minimum atomic E-state index is -4.42. The van der Waals surface area contributed by atoms with E-state index in [4.69, 9.17) is 0 Å². The van der Waals surface area contributed by atoms with Gasteiger partial charge in [-0.05, 0) is 87.0 Å². The summed E-state index contributed by atoms with van der Waals surface area (Å²) >= 11 is 0. The molecule has 2 aromatic carbocycles. The number of rotatable bonds is 5. The van der Waals surface area contributed by atoms with Crippen LogP contribution in [0.1, 0.15) is 67.7 Å². The van der Waals surface area contributed by atoms with Crippen molar-refractivity contribution < 1.29 is 17.6 Å². The summed E-state index contributed by atoms with van der Waals surface area (Å²) < 4.78 is 54.7. The second kappa shape index (κ2) is 11.3. The zero-order valence-corrected chi connectivity index (χ0v) is 20.1. The van der Waals surface area contributed by atoms with E-state index in [0.29, 0.717) is 12.0 Å². The lowest BCUT2D eigenvalue weighted by molar-refractivity contribution is -0.137. The van der Waals surface area contributed by atoms with Crippen LogP contribution in [0.3, 0.4) is 0 Å². The van der Waals surface area contributed by atoms with Crippen molar-refractivity contribution in [2.45, 2.75) is 64.7 Å². The maximum absolute atomic E-state index is 15.1. The van der Waals surface area contributed by atoms with E-state index in [0.717, 1.165) is 23.3 Å². The zero-order chi connectivity index (χ0) is 24.1. The van der Waals surface area contributed by atoms with Crippen LogP contribution < -0.4 is 0 Å². The molecule has 0 saturated heterocycles. The van der Waals surface area contributed by atoms with Gasteiger partial charge in [-0.2, -0.15) is 13.2 Å². The number of nitrogens with zero attached hydrogens (tertiary/aromatic N) is 1. The predicted molar refractivity (Wildman–Crippen MR) is 125 cm³/mol. The van der Waals surface area contributed by atoms with E-state index in [-0.39, 0.29) is 17.8 Å². The Hall–Kier alpha value is -1.88. The molecule has 0 aliphatic heterocycles. The second-order valence-corrected chi connectivity index (χ2v) is 9.42. The van der Waals surface area contributed by atoms with Crippen LogP contribution in [-0.4, -0.2) is 31.7 Å². The van der Waals surface area contributed by atoms with Gasteiger partial charge in [0.25, 0.3) is 0 Å². The van der Waals surface area contributed by atoms with Crippen molar-refractivity contribution in [3.63, 3.8) is 0 Å². The quantitative estimate of drug-likeness (QED) is 0.418. The first-order valence-corrected chi connectivity index (χ1v) is 11.5. The molecule has 3 rings (SSSR count). The first-order valence-electron chi connectivity index (χ1n) is 11.5. The van der Waals surface area contributed by atoms with Crippen LogP contribution >= 0.6 is 0 Å². The van der Waals surface area contributed by atoms with Gasteiger partial charge in [-0.15, -0.1) is 0 Å². The average Bonchev–Trinajstić information content (AvgIpc) is 3.02. The maximum Gasteiger partial charge on any atom is 0.416 e. The van der Waals surface area contributed by atoms with Gasteiger partial charge in [0.2, 0.25) is 0 Å². The summed E-state index contributed by atoms with van der Waals surface area (Å²) in [5.41, 5.74) is 1.64. The third-order valence-corrected chi connectivity index (χ3v) is 6.60. The molecule has 5 atom stereocenters. The molecule has 0 aromatic heterocycles. The molecular weight excluding hydrogens is 414 g/mol. The Bertz CT molecular complexity index is 831. The molecule has 0 radical (unpaired) electrons. The highest BCUT2D eigenvalue weighted by Crippen LogP contribution is 2.52. The van der Waals surface area contributed by atoms with Gasteiger partial charge in [0.1, 0.15) is 6.17 Å². The van der Waals surface area contributed by atoms with Gasteiger partial charge in [0.05, 0.1) is 5.56 Å². The molecule has 5 heteroatoms. The Labute approximate surface area is 190 Å². The summed E-state index contributed by atoms with van der Waals surface area (Å²) in [6.45, 7) is 9.08. The SMILES string of the molecule is CCCN(C)C.Cc1ccc(C(F)(F)F)cc1C1C(F)C(C)CC1C(C)c1ccccc1. The molecule has 1 aliphatic rings. The average molecular weight is 452 g/mol. The molecule has 1 fully saturated rings. The van der Waals surface area contributed by atoms with Gasteiger partial charge in [-0.3, -0.25) is 0 Å². The molecule has 0 bridgehead atoms. The van der Waals surface area contributed by atoms with Crippen LogP contribution in [0.5, 0.6) is 0 Å². The summed E-state index contributed by atoms with van der Waals surface area (Å²) in [5, 5.41) is 0. The van der Waals surface area contributed by atoms with Crippen molar-refractivity contribution in [2.75, 3.05) is 20.6 Å². The molecular formula is C27H37F4N. The van der Waals surface area contributed by atoms with Crippen molar-refractivity contribution >= 4 is 0 Å². The van der Waals surface area contributed by atoms with Crippen LogP contribution in [0.25, 0.3) is 0 Å². The van der Waals surface area contributed by atoms with E-state index >= 15 is 4.39 Å². The smallest absolute Gasteiger partial charge is 0.309 e. The van der Waals surface area contributed by atoms with Crippen molar-refractivity contribution in [1.29, 1.82) is 0 Å². The fourth-order valence-corrected chi connectivity index (χ4v) is 4.84.